The maximum Gasteiger partial charge on any atom is 0.317 e. The summed E-state index contributed by atoms with van der Waals surface area (Å²) in [6, 6.07) is 6.80. The summed E-state index contributed by atoms with van der Waals surface area (Å²) in [7, 11) is 0.458. The van der Waals surface area contributed by atoms with Crippen molar-refractivity contribution in [3.8, 4) is 0 Å². The number of halogens is 1. The zero-order valence-electron chi connectivity index (χ0n) is 15.5. The number of likely N-dealkylation sites (tertiary alicyclic amines) is 1. The van der Waals surface area contributed by atoms with Crippen molar-refractivity contribution < 1.29 is 13.2 Å². The van der Waals surface area contributed by atoms with Gasteiger partial charge < -0.3 is 15.1 Å². The average molecular weight is 422 g/mol. The molecule has 1 heterocycles. The van der Waals surface area contributed by atoms with Crippen LogP contribution in [0.25, 0.3) is 0 Å². The van der Waals surface area contributed by atoms with Crippen LogP contribution in [0.5, 0.6) is 0 Å². The van der Waals surface area contributed by atoms with Crippen LogP contribution >= 0.6 is 24.2 Å². The first-order valence-corrected chi connectivity index (χ1v) is 11.2. The highest BCUT2D eigenvalue weighted by Crippen LogP contribution is 2.25. The van der Waals surface area contributed by atoms with Crippen LogP contribution in [0.2, 0.25) is 0 Å². The third-order valence-corrected chi connectivity index (χ3v) is 7.26. The first-order valence-electron chi connectivity index (χ1n) is 8.40. The number of carbonyl (C=O) groups is 1. The summed E-state index contributed by atoms with van der Waals surface area (Å²) < 4.78 is 25.8. The molecule has 2 rings (SSSR count). The molecule has 0 aliphatic carbocycles. The molecular formula is C17H28ClN3O3S2. The molecule has 0 saturated carbocycles. The number of amides is 2. The van der Waals surface area contributed by atoms with Crippen molar-refractivity contribution in [2.24, 2.45) is 0 Å². The van der Waals surface area contributed by atoms with E-state index in [-0.39, 0.29) is 25.0 Å². The molecule has 1 aliphatic rings. The van der Waals surface area contributed by atoms with Gasteiger partial charge in [0.15, 0.2) is 9.84 Å². The molecule has 1 fully saturated rings. The van der Waals surface area contributed by atoms with Crippen LogP contribution in [-0.4, -0.2) is 76.0 Å². The molecule has 1 aromatic rings. The molecule has 0 spiro atoms. The average Bonchev–Trinajstić information content (AvgIpc) is 2.61. The Morgan fingerprint density at radius 1 is 1.31 bits per heavy atom. The van der Waals surface area contributed by atoms with Crippen molar-refractivity contribution >= 4 is 40.0 Å². The lowest BCUT2D eigenvalue weighted by atomic mass is 10.1. The Bertz CT molecular complexity index is 681. The number of hydrogen-bond donors (Lipinski definition) is 1. The van der Waals surface area contributed by atoms with Gasteiger partial charge in [-0.25, -0.2) is 13.2 Å². The van der Waals surface area contributed by atoms with Gasteiger partial charge in [0.2, 0.25) is 0 Å². The van der Waals surface area contributed by atoms with Gasteiger partial charge in [-0.15, -0.1) is 24.2 Å². The molecule has 1 saturated heterocycles. The molecule has 1 atom stereocenters. The van der Waals surface area contributed by atoms with Crippen LogP contribution in [0, 0.1) is 0 Å². The third-order valence-electron chi connectivity index (χ3n) is 4.33. The van der Waals surface area contributed by atoms with Crippen molar-refractivity contribution in [3.63, 3.8) is 0 Å². The van der Waals surface area contributed by atoms with Gasteiger partial charge in [0.25, 0.3) is 0 Å². The molecule has 0 aromatic heterocycles. The number of carbonyl (C=O) groups excluding carboxylic acids is 1. The summed E-state index contributed by atoms with van der Waals surface area (Å²) in [5.74, 6) is 0. The number of hydrogen-bond acceptors (Lipinski definition) is 5. The second-order valence-electron chi connectivity index (χ2n) is 6.47. The van der Waals surface area contributed by atoms with Gasteiger partial charge in [-0.1, -0.05) is 0 Å². The predicted molar refractivity (Wildman–Crippen MR) is 109 cm³/mol. The van der Waals surface area contributed by atoms with E-state index in [2.05, 4.69) is 5.32 Å². The lowest BCUT2D eigenvalue weighted by Crippen LogP contribution is -2.49. The summed E-state index contributed by atoms with van der Waals surface area (Å²) in [6.45, 7) is 2.16. The summed E-state index contributed by atoms with van der Waals surface area (Å²) in [6.07, 6.45) is 3.25. The third kappa shape index (κ3) is 6.04. The fraction of sp³-hybridized carbons (Fsp3) is 0.588. The van der Waals surface area contributed by atoms with E-state index < -0.39 is 15.1 Å². The Hall–Kier alpha value is -0.960. The van der Waals surface area contributed by atoms with Crippen molar-refractivity contribution in [3.05, 3.63) is 24.3 Å². The molecular weight excluding hydrogens is 394 g/mol. The van der Waals surface area contributed by atoms with Gasteiger partial charge in [0.05, 0.1) is 10.1 Å². The highest BCUT2D eigenvalue weighted by molar-refractivity contribution is 7.98. The van der Waals surface area contributed by atoms with Crippen molar-refractivity contribution in [2.45, 2.75) is 27.9 Å². The molecule has 0 radical (unpaired) electrons. The zero-order valence-corrected chi connectivity index (χ0v) is 17.9. The SMILES string of the molecule is CSc1ccc(S(=O)(=O)C2CCCN(C(=O)NCCN(C)C)C2)cc1.Cl. The summed E-state index contributed by atoms with van der Waals surface area (Å²) in [5.41, 5.74) is 0. The second kappa shape index (κ2) is 10.4. The van der Waals surface area contributed by atoms with Gasteiger partial charge in [-0.3, -0.25) is 0 Å². The second-order valence-corrected chi connectivity index (χ2v) is 9.57. The minimum absolute atomic E-state index is 0. The molecule has 6 nitrogen and oxygen atoms in total. The number of nitrogens with one attached hydrogen (secondary N) is 1. The summed E-state index contributed by atoms with van der Waals surface area (Å²) in [4.78, 5) is 17.3. The Morgan fingerprint density at radius 3 is 2.54 bits per heavy atom. The normalized spacial score (nSPS) is 17.7. The molecule has 1 aromatic carbocycles. The Morgan fingerprint density at radius 2 is 1.96 bits per heavy atom. The number of urea groups is 1. The van der Waals surface area contributed by atoms with E-state index >= 15 is 0 Å². The number of benzene rings is 1. The zero-order chi connectivity index (χ0) is 18.4. The minimum Gasteiger partial charge on any atom is -0.337 e. The monoisotopic (exact) mass is 421 g/mol. The van der Waals surface area contributed by atoms with Crippen LogP contribution in [0.1, 0.15) is 12.8 Å². The lowest BCUT2D eigenvalue weighted by Gasteiger charge is -2.32. The molecule has 26 heavy (non-hydrogen) atoms. The van der Waals surface area contributed by atoms with Gasteiger partial charge >= 0.3 is 6.03 Å². The van der Waals surface area contributed by atoms with Crippen LogP contribution < -0.4 is 5.32 Å². The van der Waals surface area contributed by atoms with E-state index in [1.807, 2.05) is 37.4 Å². The van der Waals surface area contributed by atoms with E-state index in [1.54, 1.807) is 28.8 Å². The summed E-state index contributed by atoms with van der Waals surface area (Å²) >= 11 is 1.58. The molecule has 1 aliphatic heterocycles. The lowest BCUT2D eigenvalue weighted by molar-refractivity contribution is 0.186. The highest BCUT2D eigenvalue weighted by Gasteiger charge is 2.33. The Kier molecular flexibility index (Phi) is 9.23. The van der Waals surface area contributed by atoms with E-state index in [4.69, 9.17) is 0 Å². The smallest absolute Gasteiger partial charge is 0.317 e. The van der Waals surface area contributed by atoms with Crippen LogP contribution in [0.4, 0.5) is 4.79 Å². The Labute approximate surface area is 167 Å². The van der Waals surface area contributed by atoms with E-state index in [0.29, 0.717) is 30.8 Å². The van der Waals surface area contributed by atoms with Crippen LogP contribution in [0.3, 0.4) is 0 Å². The van der Waals surface area contributed by atoms with Gasteiger partial charge in [-0.2, -0.15) is 0 Å². The first-order chi connectivity index (χ1) is 11.8. The maximum atomic E-state index is 12.9. The standard InChI is InChI=1S/C17H27N3O3S2.ClH/c1-19(2)12-10-18-17(21)20-11-4-5-16(13-20)25(22,23)15-8-6-14(24-3)7-9-15;/h6-9,16H,4-5,10-13H2,1-3H3,(H,18,21);1H. The maximum absolute atomic E-state index is 12.9. The van der Waals surface area contributed by atoms with Crippen molar-refractivity contribution in [1.82, 2.24) is 15.1 Å². The van der Waals surface area contributed by atoms with E-state index in [0.717, 1.165) is 11.4 Å². The highest BCUT2D eigenvalue weighted by atomic mass is 35.5. The number of piperidine rings is 1. The number of nitrogens with zero attached hydrogens (tertiary/aromatic N) is 2. The van der Waals surface area contributed by atoms with Gasteiger partial charge in [-0.05, 0) is 57.5 Å². The van der Waals surface area contributed by atoms with Crippen molar-refractivity contribution in [1.29, 1.82) is 0 Å². The quantitative estimate of drug-likeness (QED) is 0.714. The molecule has 1 N–H and O–H groups in total. The number of rotatable bonds is 6. The molecule has 1 unspecified atom stereocenters. The fourth-order valence-corrected chi connectivity index (χ4v) is 4.99. The van der Waals surface area contributed by atoms with E-state index in [9.17, 15) is 13.2 Å². The number of likely N-dealkylation sites (N-methyl/N-ethyl adjacent to an activating group) is 1. The van der Waals surface area contributed by atoms with Crippen LogP contribution in [0.15, 0.2) is 34.1 Å². The van der Waals surface area contributed by atoms with Crippen molar-refractivity contribution in [2.75, 3.05) is 46.5 Å². The largest absolute Gasteiger partial charge is 0.337 e. The Balaban J connectivity index is 0.00000338. The number of sulfone groups is 1. The van der Waals surface area contributed by atoms with E-state index in [1.165, 1.54) is 0 Å². The minimum atomic E-state index is -3.43. The summed E-state index contributed by atoms with van der Waals surface area (Å²) in [5, 5.41) is 2.32. The van der Waals surface area contributed by atoms with Gasteiger partial charge in [0.1, 0.15) is 0 Å². The topological polar surface area (TPSA) is 69.7 Å². The fourth-order valence-electron chi connectivity index (χ4n) is 2.83. The van der Waals surface area contributed by atoms with Gasteiger partial charge in [0, 0.05) is 31.1 Å². The molecule has 2 amide bonds. The molecule has 148 valence electrons. The molecule has 9 heteroatoms. The van der Waals surface area contributed by atoms with Crippen LogP contribution in [-0.2, 0) is 9.84 Å². The molecule has 0 bridgehead atoms. The number of thioether (sulfide) groups is 1. The first kappa shape index (κ1) is 23.1. The predicted octanol–water partition coefficient (Wildman–Crippen LogP) is 2.34.